The van der Waals surface area contributed by atoms with Crippen LogP contribution in [-0.2, 0) is 68.6 Å². The van der Waals surface area contributed by atoms with E-state index in [-0.39, 0.29) is 20.1 Å². The van der Waals surface area contributed by atoms with Gasteiger partial charge in [-0.15, -0.1) is 0 Å². The molecular formula is C52H48IrO11P4S. The smallest absolute Gasteiger partial charge is 0.281 e. The Labute approximate surface area is 428 Å². The van der Waals surface area contributed by atoms with Crippen LogP contribution in [-0.4, -0.2) is 117 Å². The Morgan fingerprint density at radius 1 is 0.348 bits per heavy atom. The third-order valence-corrected chi connectivity index (χ3v) is 21.5. The Bertz CT molecular complexity index is 1800. The van der Waals surface area contributed by atoms with Gasteiger partial charge >= 0.3 is 0 Å². The Balaban J connectivity index is -0.000000543. The van der Waals surface area contributed by atoms with Gasteiger partial charge in [0, 0.05) is 58.8 Å². The van der Waals surface area contributed by atoms with Gasteiger partial charge in [-0.3, -0.25) is 38.4 Å². The molecule has 6 rings (SSSR count). The first-order valence-electron chi connectivity index (χ1n) is 19.2. The molecule has 0 unspecified atom stereocenters. The monoisotopic (exact) mass is 1200 g/mol. The van der Waals surface area contributed by atoms with Crippen LogP contribution >= 0.6 is 31.0 Å². The van der Waals surface area contributed by atoms with Crippen molar-refractivity contribution in [1.82, 2.24) is 0 Å². The van der Waals surface area contributed by atoms with Crippen LogP contribution in [0.5, 0.6) is 0 Å². The average Bonchev–Trinajstić information content (AvgIpc) is 3.42. The summed E-state index contributed by atoms with van der Waals surface area (Å²) in [6, 6.07) is 68.0. The fraction of sp³-hybridized carbons (Fsp3) is 0.154. The van der Waals surface area contributed by atoms with Gasteiger partial charge in [0.05, 0.1) is 28.6 Å². The van der Waals surface area contributed by atoms with E-state index in [0.29, 0.717) is 6.26 Å². The van der Waals surface area contributed by atoms with E-state index in [4.69, 9.17) is 51.3 Å². The van der Waals surface area contributed by atoms with Crippen LogP contribution in [0.1, 0.15) is 0 Å². The SMILES string of the molecule is CS(=O)(=O)[O-].C[P+](CCP(c1ccccc1)c1ccccc1)(CCP(c1ccccc1)c1ccccc1)CCP(c1ccccc1)c1ccccc1.[C]=O.[C]=O.[C]=O.[C]=O.[C]=O.[C]=O.[C]=O.[C]=O.[Ir]. The summed E-state index contributed by atoms with van der Waals surface area (Å²) < 4.78 is 27.2. The first-order valence-corrected chi connectivity index (χ1v) is 28.4. The molecule has 0 atom stereocenters. The molecule has 0 aromatic heterocycles. The molecule has 0 bridgehead atoms. The van der Waals surface area contributed by atoms with E-state index in [1.54, 1.807) is 0 Å². The van der Waals surface area contributed by atoms with E-state index in [1.165, 1.54) is 68.8 Å². The minimum atomic E-state index is -3.92. The Kier molecular flexibility index (Phi) is 52.2. The number of rotatable bonds is 15. The average molecular weight is 1200 g/mol. The van der Waals surface area contributed by atoms with Crippen molar-refractivity contribution in [3.63, 3.8) is 0 Å². The zero-order chi connectivity index (χ0) is 52.7. The van der Waals surface area contributed by atoms with Crippen LogP contribution in [0.15, 0.2) is 182 Å². The van der Waals surface area contributed by atoms with Crippen molar-refractivity contribution in [2.45, 2.75) is 0 Å². The van der Waals surface area contributed by atoms with Gasteiger partial charge in [-0.1, -0.05) is 182 Å². The molecule has 0 heterocycles. The standard InChI is InChI=1S/C43H45P4.CH4O3S.8CO.Ir/c1-47(35-32-44(38-20-8-2-9-21-38)39-22-10-3-11-23-39,36-33-45(40-24-12-4-13-25-40)41-26-14-5-15-27-41)37-34-46(42-28-16-6-17-29-42)43-30-18-7-19-31-43;1-5(2,3)4;8*1-2;/h2-31H,32-37H2,1H3;1H3,(H,2,3,4);;;;;;;;;/q+1;;;;;;;;;;/p-1. The van der Waals surface area contributed by atoms with Crippen molar-refractivity contribution in [3.8, 4) is 0 Å². The molecule has 17 heteroatoms. The van der Waals surface area contributed by atoms with E-state index in [2.05, 4.69) is 243 Å². The quantitative estimate of drug-likeness (QED) is 0.0991. The maximum absolute atomic E-state index is 9.08. The van der Waals surface area contributed by atoms with Crippen molar-refractivity contribution >= 4 is 127 Å². The van der Waals surface area contributed by atoms with Gasteiger partial charge in [0.15, 0.2) is 0 Å². The minimum Gasteiger partial charge on any atom is -0.748 e. The van der Waals surface area contributed by atoms with Crippen LogP contribution < -0.4 is 31.8 Å². The van der Waals surface area contributed by atoms with Gasteiger partial charge in [-0.25, -0.2) is 8.42 Å². The van der Waals surface area contributed by atoms with Crippen LogP contribution in [0.3, 0.4) is 0 Å². The summed E-state index contributed by atoms with van der Waals surface area (Å²) in [7, 11) is -6.43. The summed E-state index contributed by atoms with van der Waals surface area (Å²) in [6.07, 6.45) is 8.39. The van der Waals surface area contributed by atoms with Crippen molar-refractivity contribution in [2.75, 3.05) is 49.9 Å². The van der Waals surface area contributed by atoms with E-state index >= 15 is 0 Å². The molecular weight excluding hydrogens is 1150 g/mol. The van der Waals surface area contributed by atoms with Gasteiger partial charge in [0.1, 0.15) is 0 Å². The minimum absolute atomic E-state index is 0. The van der Waals surface area contributed by atoms with Crippen LogP contribution in [0, 0.1) is 0 Å². The van der Waals surface area contributed by atoms with Gasteiger partial charge in [-0.05, 0) is 55.6 Å². The summed E-state index contributed by atoms with van der Waals surface area (Å²) >= 11 is 0. The molecule has 0 amide bonds. The number of hydrogen-bond donors (Lipinski definition) is 0. The molecule has 0 N–H and O–H groups in total. The second kappa shape index (κ2) is 49.4. The van der Waals surface area contributed by atoms with Gasteiger partial charge in [-0.2, -0.15) is 0 Å². The van der Waals surface area contributed by atoms with Gasteiger partial charge in [0.2, 0.25) is 0 Å². The van der Waals surface area contributed by atoms with Crippen LogP contribution in [0.25, 0.3) is 0 Å². The van der Waals surface area contributed by atoms with E-state index in [1.807, 2.05) is 0 Å². The molecule has 6 aromatic carbocycles. The fourth-order valence-electron chi connectivity index (χ4n) is 6.23. The maximum Gasteiger partial charge on any atom is 0.281 e. The zero-order valence-corrected chi connectivity index (χ0v) is 44.4. The van der Waals surface area contributed by atoms with Crippen molar-refractivity contribution in [3.05, 3.63) is 182 Å². The second-order valence-corrected chi connectivity index (χ2v) is 26.0. The van der Waals surface area contributed by atoms with Gasteiger partial charge in [0.25, 0.3) is 54.3 Å². The maximum atomic E-state index is 9.08. The molecule has 0 aliphatic heterocycles. The van der Waals surface area contributed by atoms with E-state index in [0.717, 1.165) is 0 Å². The molecule has 0 spiro atoms. The zero-order valence-electron chi connectivity index (χ0n) is 37.6. The fourth-order valence-corrected chi connectivity index (χ4v) is 20.7. The number of benzene rings is 6. The predicted molar refractivity (Wildman–Crippen MR) is 280 cm³/mol. The molecule has 0 fully saturated rings. The molecule has 0 aliphatic carbocycles. The normalized spacial score (nSPS) is 9.30. The molecule has 69 heavy (non-hydrogen) atoms. The number of hydrogen-bond acceptors (Lipinski definition) is 11. The Morgan fingerprint density at radius 2 is 0.464 bits per heavy atom. The summed E-state index contributed by atoms with van der Waals surface area (Å²) in [5, 5.41) is 9.04. The summed E-state index contributed by atoms with van der Waals surface area (Å²) in [4.78, 5) is 60.0. The van der Waals surface area contributed by atoms with Crippen molar-refractivity contribution < 1.29 is 71.4 Å². The molecule has 357 valence electrons. The molecule has 0 aliphatic rings. The number of carbonyl (C=O) groups excluding carboxylic acids is 8. The molecule has 0 saturated carbocycles. The summed E-state index contributed by atoms with van der Waals surface area (Å²) in [5.74, 6) is 0. The largest absolute Gasteiger partial charge is 0.748 e. The third-order valence-electron chi connectivity index (χ3n) is 9.00. The van der Waals surface area contributed by atoms with Crippen LogP contribution in [0.2, 0.25) is 0 Å². The van der Waals surface area contributed by atoms with Gasteiger partial charge < -0.3 is 4.55 Å². The summed E-state index contributed by atoms with van der Waals surface area (Å²) in [5.41, 5.74) is 0. The van der Waals surface area contributed by atoms with Crippen molar-refractivity contribution in [1.29, 1.82) is 0 Å². The first-order chi connectivity index (χ1) is 33.2. The van der Waals surface area contributed by atoms with Crippen LogP contribution in [0.4, 0.5) is 0 Å². The summed E-state index contributed by atoms with van der Waals surface area (Å²) in [6.45, 7) is 38.7. The first kappa shape index (κ1) is 72.9. The van der Waals surface area contributed by atoms with E-state index < -0.39 is 41.1 Å². The molecule has 11 nitrogen and oxygen atoms in total. The molecule has 17 radical (unpaired) electrons. The van der Waals surface area contributed by atoms with E-state index in [9.17, 15) is 0 Å². The third kappa shape index (κ3) is 32.4. The molecule has 6 aromatic rings. The molecule has 0 saturated heterocycles. The topological polar surface area (TPSA) is 194 Å². The Hall–Kier alpha value is -5.04. The van der Waals surface area contributed by atoms with Crippen molar-refractivity contribution in [2.24, 2.45) is 0 Å². The second-order valence-electron chi connectivity index (χ2n) is 13.0. The Morgan fingerprint density at radius 3 is 0.580 bits per heavy atom. The predicted octanol–water partition coefficient (Wildman–Crippen LogP) is 5.01.